The molecule has 0 spiro atoms. The number of hydrogen-bond acceptors (Lipinski definition) is 5. The first-order valence-electron chi connectivity index (χ1n) is 17.1. The molecular formula is C43H32Cl2F5NO6. The van der Waals surface area contributed by atoms with Gasteiger partial charge in [-0.25, -0.2) is 26.7 Å². The fourth-order valence-corrected chi connectivity index (χ4v) is 5.97. The summed E-state index contributed by atoms with van der Waals surface area (Å²) in [5, 5.41) is 10.0. The number of carboxylic acids is 1. The highest BCUT2D eigenvalue weighted by atomic mass is 35.5. The first kappa shape index (κ1) is 42.2. The van der Waals surface area contributed by atoms with Gasteiger partial charge in [-0.3, -0.25) is 4.79 Å². The van der Waals surface area contributed by atoms with Crippen LogP contribution in [0.15, 0.2) is 103 Å². The molecule has 6 aromatic rings. The minimum absolute atomic E-state index is 0.0140. The first-order valence-corrected chi connectivity index (χ1v) is 17.8. The molecule has 1 N–H and O–H groups in total. The van der Waals surface area contributed by atoms with Gasteiger partial charge in [0.25, 0.3) is 0 Å². The van der Waals surface area contributed by atoms with Crippen molar-refractivity contribution in [3.05, 3.63) is 170 Å². The minimum atomic E-state index is -1.19. The van der Waals surface area contributed by atoms with E-state index in [2.05, 4.69) is 0 Å². The fourth-order valence-electron chi connectivity index (χ4n) is 5.62. The van der Waals surface area contributed by atoms with Crippen LogP contribution in [0.5, 0.6) is 11.5 Å². The molecule has 0 radical (unpaired) electrons. The number of nitrogens with zero attached hydrogens (tertiary/aromatic N) is 1. The average molecular weight is 825 g/mol. The molecule has 6 rings (SSSR count). The number of aromatic carboxylic acids is 1. The number of rotatable bonds is 13. The number of hydrogen-bond donors (Lipinski definition) is 1. The summed E-state index contributed by atoms with van der Waals surface area (Å²) in [6, 6.07) is 23.0. The number of Topliss-reactive ketones (excluding diaryl/α,β-unsaturated/α-hetero) is 2. The molecule has 14 heteroatoms. The van der Waals surface area contributed by atoms with Gasteiger partial charge >= 0.3 is 5.97 Å². The number of carboxylic acid groups (broad SMARTS) is 1. The summed E-state index contributed by atoms with van der Waals surface area (Å²) in [6.45, 7) is 2.38. The zero-order chi connectivity index (χ0) is 41.4. The summed E-state index contributed by atoms with van der Waals surface area (Å²) >= 11 is 12.1. The fraction of sp³-hybridized carbons (Fsp3) is 0.140. The van der Waals surface area contributed by atoms with Crippen molar-refractivity contribution in [2.24, 2.45) is 0 Å². The van der Waals surface area contributed by atoms with Crippen molar-refractivity contribution in [3.63, 3.8) is 0 Å². The lowest BCUT2D eigenvalue weighted by atomic mass is 10.0. The third-order valence-electron chi connectivity index (χ3n) is 8.54. The molecule has 1 heterocycles. The lowest BCUT2D eigenvalue weighted by Crippen LogP contribution is -2.07. The van der Waals surface area contributed by atoms with E-state index in [1.165, 1.54) is 54.0 Å². The lowest BCUT2D eigenvalue weighted by Gasteiger charge is -2.17. The summed E-state index contributed by atoms with van der Waals surface area (Å²) in [4.78, 5) is 34.7. The molecule has 0 saturated carbocycles. The number of benzene rings is 5. The van der Waals surface area contributed by atoms with Crippen LogP contribution in [0.25, 0.3) is 16.9 Å². The Hall–Kier alpha value is -5.98. The van der Waals surface area contributed by atoms with Gasteiger partial charge in [0.1, 0.15) is 59.6 Å². The number of aromatic nitrogens is 1. The van der Waals surface area contributed by atoms with Crippen LogP contribution >= 0.6 is 23.2 Å². The van der Waals surface area contributed by atoms with Crippen molar-refractivity contribution in [1.82, 2.24) is 4.57 Å². The highest BCUT2D eigenvalue weighted by Gasteiger charge is 2.20. The summed E-state index contributed by atoms with van der Waals surface area (Å²) in [6.07, 6.45) is 0.118. The van der Waals surface area contributed by atoms with E-state index in [9.17, 15) is 41.4 Å². The van der Waals surface area contributed by atoms with Crippen LogP contribution in [-0.4, -0.2) is 27.2 Å². The molecule has 1 aromatic heterocycles. The molecule has 0 amide bonds. The number of halogens is 7. The Morgan fingerprint density at radius 1 is 0.649 bits per heavy atom. The molecule has 0 saturated heterocycles. The van der Waals surface area contributed by atoms with E-state index < -0.39 is 35.1 Å². The van der Waals surface area contributed by atoms with Crippen LogP contribution in [-0.2, 0) is 18.0 Å². The van der Waals surface area contributed by atoms with Gasteiger partial charge in [0.15, 0.2) is 5.78 Å². The van der Waals surface area contributed by atoms with Crippen LogP contribution < -0.4 is 9.47 Å². The third-order valence-corrected chi connectivity index (χ3v) is 9.01. The topological polar surface area (TPSA) is 94.8 Å². The maximum atomic E-state index is 14.8. The van der Waals surface area contributed by atoms with Crippen LogP contribution in [0.3, 0.4) is 0 Å². The van der Waals surface area contributed by atoms with Crippen LogP contribution in [0.4, 0.5) is 22.0 Å². The van der Waals surface area contributed by atoms with E-state index in [1.807, 2.05) is 0 Å². The van der Waals surface area contributed by atoms with Gasteiger partial charge in [0.05, 0.1) is 33.6 Å². The van der Waals surface area contributed by atoms with Gasteiger partial charge in [-0.2, -0.15) is 0 Å². The number of carbonyl (C=O) groups is 3. The Morgan fingerprint density at radius 3 is 1.75 bits per heavy atom. The summed E-state index contributed by atoms with van der Waals surface area (Å²) < 4.78 is 82.8. The largest absolute Gasteiger partial charge is 0.488 e. The molecule has 0 aliphatic carbocycles. The second kappa shape index (κ2) is 18.8. The zero-order valence-corrected chi connectivity index (χ0v) is 31.7. The lowest BCUT2D eigenvalue weighted by molar-refractivity contribution is -0.117. The highest BCUT2D eigenvalue weighted by molar-refractivity contribution is 6.31. The smallest absolute Gasteiger partial charge is 0.335 e. The van der Waals surface area contributed by atoms with Crippen LogP contribution in [0, 0.1) is 36.0 Å². The monoisotopic (exact) mass is 823 g/mol. The van der Waals surface area contributed by atoms with Crippen molar-refractivity contribution in [3.8, 4) is 28.4 Å². The van der Waals surface area contributed by atoms with Crippen molar-refractivity contribution in [2.75, 3.05) is 0 Å². The van der Waals surface area contributed by atoms with Crippen molar-refractivity contribution in [1.29, 1.82) is 0 Å². The van der Waals surface area contributed by atoms with E-state index in [0.717, 1.165) is 30.3 Å². The molecule has 57 heavy (non-hydrogen) atoms. The van der Waals surface area contributed by atoms with E-state index in [4.69, 9.17) is 32.7 Å². The third kappa shape index (κ3) is 10.5. The summed E-state index contributed by atoms with van der Waals surface area (Å²) in [5.74, 6) is -4.76. The molecule has 0 fully saturated rings. The molecule has 0 bridgehead atoms. The SMILES string of the molecule is CC(=O)CCC(=O)c1cc(Cl)ccc1OCc1c(F)cccc1F.Cc1ccc(-c2cc(Cl)ccc2OCc2c(F)cccc2F)n1-c1cc(C(=O)O)ccc1F. The van der Waals surface area contributed by atoms with E-state index in [1.54, 1.807) is 37.3 Å². The molecule has 0 unspecified atom stereocenters. The van der Waals surface area contributed by atoms with Gasteiger partial charge in [-0.15, -0.1) is 0 Å². The molecule has 7 nitrogen and oxygen atoms in total. The van der Waals surface area contributed by atoms with E-state index >= 15 is 0 Å². The van der Waals surface area contributed by atoms with Gasteiger partial charge < -0.3 is 23.9 Å². The summed E-state index contributed by atoms with van der Waals surface area (Å²) in [7, 11) is 0. The number of ketones is 2. The maximum Gasteiger partial charge on any atom is 0.335 e. The first-order chi connectivity index (χ1) is 27.1. The maximum absolute atomic E-state index is 14.8. The molecule has 294 valence electrons. The predicted octanol–water partition coefficient (Wildman–Crippen LogP) is 11.5. The number of ether oxygens (including phenoxy) is 2. The minimum Gasteiger partial charge on any atom is -0.488 e. The van der Waals surface area contributed by atoms with Crippen molar-refractivity contribution in [2.45, 2.75) is 39.9 Å². The standard InChI is InChI=1S/C25H17ClF3NO3.C18H15ClF2O3/c1-14-5-9-22(30(14)23-11-15(25(31)32)6-8-21(23)29)17-12-16(26)7-10-24(17)33-13-18-19(27)3-2-4-20(18)28;1-11(22)5-7-17(23)13-9-12(19)6-8-18(13)24-10-14-15(20)3-2-4-16(14)21/h2-12H,13H2,1H3,(H,31,32);2-4,6,8-9H,5,7,10H2,1H3. The van der Waals surface area contributed by atoms with E-state index in [-0.39, 0.29) is 77.1 Å². The van der Waals surface area contributed by atoms with Gasteiger partial charge in [0, 0.05) is 34.1 Å². The normalized spacial score (nSPS) is 10.8. The second-order valence-corrected chi connectivity index (χ2v) is 13.4. The number of carbonyl (C=O) groups excluding carboxylic acids is 2. The molecule has 0 aliphatic rings. The highest BCUT2D eigenvalue weighted by Crippen LogP contribution is 2.37. The molecule has 0 aliphatic heterocycles. The Morgan fingerprint density at radius 2 is 1.19 bits per heavy atom. The zero-order valence-electron chi connectivity index (χ0n) is 30.2. The molecular weight excluding hydrogens is 792 g/mol. The van der Waals surface area contributed by atoms with Crippen molar-refractivity contribution >= 4 is 40.7 Å². The van der Waals surface area contributed by atoms with E-state index in [0.29, 0.717) is 27.0 Å². The van der Waals surface area contributed by atoms with Crippen LogP contribution in [0.1, 0.15) is 57.3 Å². The number of aryl methyl sites for hydroxylation is 1. The quantitative estimate of drug-likeness (QED) is 0.0921. The van der Waals surface area contributed by atoms with Gasteiger partial charge in [0.2, 0.25) is 0 Å². The predicted molar refractivity (Wildman–Crippen MR) is 205 cm³/mol. The average Bonchev–Trinajstić information content (AvgIpc) is 3.55. The van der Waals surface area contributed by atoms with Crippen molar-refractivity contribution < 1.29 is 50.9 Å². The van der Waals surface area contributed by atoms with Crippen LogP contribution in [0.2, 0.25) is 10.0 Å². The second-order valence-electron chi connectivity index (χ2n) is 12.6. The molecule has 0 atom stereocenters. The Bertz CT molecular complexity index is 2430. The summed E-state index contributed by atoms with van der Waals surface area (Å²) in [5.41, 5.74) is 1.19. The van der Waals surface area contributed by atoms with Gasteiger partial charge in [-0.05, 0) is 105 Å². The Kier molecular flexibility index (Phi) is 13.9. The Labute approximate surface area is 333 Å². The van der Waals surface area contributed by atoms with Gasteiger partial charge in [-0.1, -0.05) is 35.3 Å². The molecule has 5 aromatic carbocycles. The Balaban J connectivity index is 0.000000230.